The third kappa shape index (κ3) is 4.79. The van der Waals surface area contributed by atoms with Crippen molar-refractivity contribution in [3.05, 3.63) is 27.7 Å². The average molecular weight is 333 g/mol. The molecule has 0 spiro atoms. The van der Waals surface area contributed by atoms with Gasteiger partial charge in [-0.25, -0.2) is 9.59 Å². The number of benzene rings is 1. The molecule has 2 N–H and O–H groups in total. The van der Waals surface area contributed by atoms with E-state index in [4.69, 9.17) is 28.3 Å². The number of carbonyl (C=O) groups is 2. The third-order valence-corrected chi connectivity index (χ3v) is 3.66. The van der Waals surface area contributed by atoms with Crippen LogP contribution in [0.2, 0.25) is 10.0 Å². The van der Waals surface area contributed by atoms with Crippen LogP contribution in [-0.4, -0.2) is 35.6 Å². The number of urea groups is 1. The molecule has 5 nitrogen and oxygen atoms in total. The zero-order chi connectivity index (χ0) is 16.2. The van der Waals surface area contributed by atoms with E-state index in [-0.39, 0.29) is 21.3 Å². The number of halogens is 2. The molecular weight excluding hydrogens is 315 g/mol. The van der Waals surface area contributed by atoms with Crippen LogP contribution in [-0.2, 0) is 0 Å². The number of nitrogens with zero attached hydrogens (tertiary/aromatic N) is 1. The molecule has 1 rings (SSSR count). The fourth-order valence-electron chi connectivity index (χ4n) is 1.75. The largest absolute Gasteiger partial charge is 0.478 e. The van der Waals surface area contributed by atoms with E-state index in [0.717, 1.165) is 6.42 Å². The maximum atomic E-state index is 12.1. The van der Waals surface area contributed by atoms with Crippen molar-refractivity contribution in [3.63, 3.8) is 0 Å². The molecule has 0 aromatic heterocycles. The summed E-state index contributed by atoms with van der Waals surface area (Å²) in [6.07, 6.45) is 0.944. The number of anilines is 1. The number of hydrogen-bond donors (Lipinski definition) is 2. The first-order chi connectivity index (χ1) is 9.76. The summed E-state index contributed by atoms with van der Waals surface area (Å²) < 4.78 is 0. The summed E-state index contributed by atoms with van der Waals surface area (Å²) in [7, 11) is 1.64. The molecule has 2 amide bonds. The van der Waals surface area contributed by atoms with Crippen LogP contribution in [0.4, 0.5) is 10.5 Å². The molecule has 0 fully saturated rings. The Morgan fingerprint density at radius 2 is 2.00 bits per heavy atom. The zero-order valence-corrected chi connectivity index (χ0v) is 13.6. The molecule has 1 unspecified atom stereocenters. The molecule has 1 aromatic rings. The van der Waals surface area contributed by atoms with E-state index in [9.17, 15) is 9.59 Å². The van der Waals surface area contributed by atoms with Gasteiger partial charge >= 0.3 is 12.0 Å². The van der Waals surface area contributed by atoms with Crippen LogP contribution < -0.4 is 5.32 Å². The second kappa shape index (κ2) is 7.52. The molecule has 0 bridgehead atoms. The maximum Gasteiger partial charge on any atom is 0.337 e. The van der Waals surface area contributed by atoms with E-state index in [2.05, 4.69) is 5.32 Å². The number of carbonyl (C=O) groups excluding carboxylic acids is 1. The van der Waals surface area contributed by atoms with Crippen LogP contribution in [0.5, 0.6) is 0 Å². The van der Waals surface area contributed by atoms with Crippen molar-refractivity contribution in [3.8, 4) is 0 Å². The van der Waals surface area contributed by atoms with Crippen molar-refractivity contribution in [2.45, 2.75) is 20.3 Å². The van der Waals surface area contributed by atoms with Crippen LogP contribution in [0.3, 0.4) is 0 Å². The first-order valence-corrected chi connectivity index (χ1v) is 7.26. The minimum Gasteiger partial charge on any atom is -0.478 e. The van der Waals surface area contributed by atoms with Crippen molar-refractivity contribution < 1.29 is 14.7 Å². The lowest BCUT2D eigenvalue weighted by molar-refractivity contribution is 0.0698. The normalized spacial score (nSPS) is 11.9. The highest BCUT2D eigenvalue weighted by Crippen LogP contribution is 2.30. The Balaban J connectivity index is 2.97. The van der Waals surface area contributed by atoms with Gasteiger partial charge in [0.2, 0.25) is 0 Å². The smallest absolute Gasteiger partial charge is 0.337 e. The van der Waals surface area contributed by atoms with Crippen LogP contribution in [0.1, 0.15) is 30.6 Å². The molecule has 0 aliphatic heterocycles. The standard InChI is InChI=1S/C14H18Cl2N2O3/c1-4-8(2)7-18(3)14(21)17-12-10(13(19)20)5-9(15)6-11(12)16/h5-6,8H,4,7H2,1-3H3,(H,17,21)(H,19,20). The Morgan fingerprint density at radius 3 is 2.52 bits per heavy atom. The van der Waals surface area contributed by atoms with Crippen LogP contribution >= 0.6 is 23.2 Å². The summed E-state index contributed by atoms with van der Waals surface area (Å²) in [6, 6.07) is 2.22. The predicted molar refractivity (Wildman–Crippen MR) is 84.5 cm³/mol. The molecular formula is C14H18Cl2N2O3. The monoisotopic (exact) mass is 332 g/mol. The van der Waals surface area contributed by atoms with Gasteiger partial charge in [0.1, 0.15) is 0 Å². The number of aromatic carboxylic acids is 1. The number of amides is 2. The number of carboxylic acid groups (broad SMARTS) is 1. The predicted octanol–water partition coefficient (Wildman–Crippen LogP) is 4.20. The van der Waals surface area contributed by atoms with Gasteiger partial charge in [-0.2, -0.15) is 0 Å². The fourth-order valence-corrected chi connectivity index (χ4v) is 2.29. The van der Waals surface area contributed by atoms with Crippen molar-refractivity contribution in [2.75, 3.05) is 18.9 Å². The second-order valence-electron chi connectivity index (χ2n) is 4.94. The SMILES string of the molecule is CCC(C)CN(C)C(=O)Nc1c(Cl)cc(Cl)cc1C(=O)O. The number of hydrogen-bond acceptors (Lipinski definition) is 2. The summed E-state index contributed by atoms with van der Waals surface area (Å²) in [4.78, 5) is 24.8. The lowest BCUT2D eigenvalue weighted by Crippen LogP contribution is -2.35. The van der Waals surface area contributed by atoms with Gasteiger partial charge in [0, 0.05) is 18.6 Å². The van der Waals surface area contributed by atoms with Gasteiger partial charge in [0.25, 0.3) is 0 Å². The second-order valence-corrected chi connectivity index (χ2v) is 5.78. The Kier molecular flexibility index (Phi) is 6.30. The highest BCUT2D eigenvalue weighted by molar-refractivity contribution is 6.37. The Bertz CT molecular complexity index is 549. The Labute approximate surface area is 133 Å². The van der Waals surface area contributed by atoms with E-state index in [1.165, 1.54) is 17.0 Å². The van der Waals surface area contributed by atoms with E-state index in [1.54, 1.807) is 7.05 Å². The van der Waals surface area contributed by atoms with Gasteiger partial charge in [-0.15, -0.1) is 0 Å². The summed E-state index contributed by atoms with van der Waals surface area (Å²) in [6.45, 7) is 4.63. The minimum atomic E-state index is -1.21. The summed E-state index contributed by atoms with van der Waals surface area (Å²) in [5, 5.41) is 12.0. The zero-order valence-electron chi connectivity index (χ0n) is 12.1. The third-order valence-electron chi connectivity index (χ3n) is 3.15. The molecule has 21 heavy (non-hydrogen) atoms. The van der Waals surface area contributed by atoms with Crippen molar-refractivity contribution in [1.82, 2.24) is 4.90 Å². The molecule has 0 aliphatic rings. The number of rotatable bonds is 5. The Hall–Kier alpha value is -1.46. The topological polar surface area (TPSA) is 69.6 Å². The van der Waals surface area contributed by atoms with Gasteiger partial charge < -0.3 is 15.3 Å². The van der Waals surface area contributed by atoms with E-state index < -0.39 is 12.0 Å². The van der Waals surface area contributed by atoms with Crippen LogP contribution in [0, 0.1) is 5.92 Å². The van der Waals surface area contributed by atoms with Gasteiger partial charge in [-0.1, -0.05) is 43.5 Å². The van der Waals surface area contributed by atoms with Gasteiger partial charge in [0.15, 0.2) is 0 Å². The van der Waals surface area contributed by atoms with Crippen molar-refractivity contribution in [2.24, 2.45) is 5.92 Å². The minimum absolute atomic E-state index is 0.0505. The van der Waals surface area contributed by atoms with Crippen LogP contribution in [0.25, 0.3) is 0 Å². The molecule has 1 aromatic carbocycles. The Morgan fingerprint density at radius 1 is 1.38 bits per heavy atom. The van der Waals surface area contributed by atoms with E-state index >= 15 is 0 Å². The van der Waals surface area contributed by atoms with Gasteiger partial charge in [-0.05, 0) is 18.1 Å². The number of carboxylic acids is 1. The van der Waals surface area contributed by atoms with Crippen molar-refractivity contribution in [1.29, 1.82) is 0 Å². The summed E-state index contributed by atoms with van der Waals surface area (Å²) in [5.74, 6) is -0.861. The van der Waals surface area contributed by atoms with Gasteiger partial charge in [0.05, 0.1) is 16.3 Å². The average Bonchev–Trinajstić information content (AvgIpc) is 2.40. The van der Waals surface area contributed by atoms with Gasteiger partial charge in [-0.3, -0.25) is 0 Å². The highest BCUT2D eigenvalue weighted by Gasteiger charge is 2.19. The van der Waals surface area contributed by atoms with E-state index in [0.29, 0.717) is 12.5 Å². The molecule has 0 heterocycles. The van der Waals surface area contributed by atoms with E-state index in [1.807, 2.05) is 13.8 Å². The molecule has 0 saturated heterocycles. The lowest BCUT2D eigenvalue weighted by atomic mass is 10.1. The first-order valence-electron chi connectivity index (χ1n) is 6.50. The molecule has 116 valence electrons. The number of nitrogens with one attached hydrogen (secondary N) is 1. The molecule has 0 aliphatic carbocycles. The molecule has 7 heteroatoms. The van der Waals surface area contributed by atoms with Crippen LogP contribution in [0.15, 0.2) is 12.1 Å². The van der Waals surface area contributed by atoms with Crippen molar-refractivity contribution >= 4 is 40.9 Å². The molecule has 1 atom stereocenters. The quantitative estimate of drug-likeness (QED) is 0.848. The highest BCUT2D eigenvalue weighted by atomic mass is 35.5. The lowest BCUT2D eigenvalue weighted by Gasteiger charge is -2.22. The molecule has 0 saturated carbocycles. The fraction of sp³-hybridized carbons (Fsp3) is 0.429. The summed E-state index contributed by atoms with van der Waals surface area (Å²) in [5.41, 5.74) is -0.0904. The maximum absolute atomic E-state index is 12.1. The summed E-state index contributed by atoms with van der Waals surface area (Å²) >= 11 is 11.8. The molecule has 0 radical (unpaired) electrons. The first kappa shape index (κ1) is 17.6.